The standard InChI is InChI=1S/C31H42N2O8/c1-3-4-18-40-31(37)33(17-19-39-21-20-38-2)16-10-9-15-28(29(34)35)32-30(36)41-22-27-25-13-7-5-11-23(25)24-12-6-8-14-26(24)27/h5-8,11-14,27-28H,3-4,9-10,15-22H2,1-2H3,(H,32,36)(H,34,35). The molecule has 0 heterocycles. The van der Waals surface area contributed by atoms with Crippen LogP contribution in [0.15, 0.2) is 48.5 Å². The fourth-order valence-electron chi connectivity index (χ4n) is 4.80. The van der Waals surface area contributed by atoms with Gasteiger partial charge in [-0.2, -0.15) is 0 Å². The average molecular weight is 571 g/mol. The topological polar surface area (TPSA) is 124 Å². The number of ether oxygens (including phenoxy) is 4. The van der Waals surface area contributed by atoms with Gasteiger partial charge in [0.2, 0.25) is 0 Å². The Morgan fingerprint density at radius 3 is 2.20 bits per heavy atom. The normalized spacial score (nSPS) is 12.7. The number of unbranched alkanes of at least 4 members (excludes halogenated alkanes) is 2. The third kappa shape index (κ3) is 9.75. The molecule has 0 radical (unpaired) electrons. The van der Waals surface area contributed by atoms with Gasteiger partial charge in [-0.05, 0) is 47.9 Å². The molecule has 2 aromatic rings. The van der Waals surface area contributed by atoms with Gasteiger partial charge in [0, 0.05) is 26.1 Å². The maximum Gasteiger partial charge on any atom is 0.409 e. The molecule has 1 atom stereocenters. The first-order valence-electron chi connectivity index (χ1n) is 14.3. The summed E-state index contributed by atoms with van der Waals surface area (Å²) in [5.74, 6) is -1.25. The molecule has 0 bridgehead atoms. The number of nitrogens with one attached hydrogen (secondary N) is 1. The van der Waals surface area contributed by atoms with Crippen molar-refractivity contribution < 1.29 is 38.4 Å². The highest BCUT2D eigenvalue weighted by atomic mass is 16.6. The first-order chi connectivity index (χ1) is 20.0. The molecule has 41 heavy (non-hydrogen) atoms. The second-order valence-corrected chi connectivity index (χ2v) is 9.92. The van der Waals surface area contributed by atoms with E-state index in [9.17, 15) is 19.5 Å². The number of hydrogen-bond donors (Lipinski definition) is 2. The predicted molar refractivity (Wildman–Crippen MR) is 154 cm³/mol. The molecular weight excluding hydrogens is 528 g/mol. The van der Waals surface area contributed by atoms with Gasteiger partial charge in [0.25, 0.3) is 0 Å². The molecule has 2 amide bonds. The van der Waals surface area contributed by atoms with Crippen molar-refractivity contribution in [3.05, 3.63) is 59.7 Å². The highest BCUT2D eigenvalue weighted by Crippen LogP contribution is 2.44. The maximum atomic E-state index is 12.6. The number of carbonyl (C=O) groups is 3. The molecule has 1 unspecified atom stereocenters. The van der Waals surface area contributed by atoms with E-state index in [-0.39, 0.29) is 18.9 Å². The number of carboxylic acids is 1. The number of nitrogens with zero attached hydrogens (tertiary/aromatic N) is 1. The van der Waals surface area contributed by atoms with Crippen molar-refractivity contribution in [2.45, 2.75) is 51.0 Å². The van der Waals surface area contributed by atoms with Crippen LogP contribution in [0.25, 0.3) is 11.1 Å². The number of carbonyl (C=O) groups excluding carboxylic acids is 2. The molecule has 0 saturated heterocycles. The molecule has 2 aromatic carbocycles. The number of carboxylic acid groups (broad SMARTS) is 1. The first-order valence-corrected chi connectivity index (χ1v) is 14.3. The number of amides is 2. The summed E-state index contributed by atoms with van der Waals surface area (Å²) >= 11 is 0. The number of hydrogen-bond acceptors (Lipinski definition) is 7. The third-order valence-corrected chi connectivity index (χ3v) is 7.02. The second kappa shape index (κ2) is 17.2. The van der Waals surface area contributed by atoms with E-state index in [0.717, 1.165) is 35.1 Å². The van der Waals surface area contributed by atoms with Crippen LogP contribution in [-0.2, 0) is 23.7 Å². The van der Waals surface area contributed by atoms with Gasteiger partial charge < -0.3 is 34.3 Å². The van der Waals surface area contributed by atoms with Gasteiger partial charge in [-0.1, -0.05) is 61.9 Å². The summed E-state index contributed by atoms with van der Waals surface area (Å²) in [6.07, 6.45) is 1.73. The number of aliphatic carboxylic acids is 1. The fraction of sp³-hybridized carbons (Fsp3) is 0.516. The Labute approximate surface area is 241 Å². The van der Waals surface area contributed by atoms with Crippen LogP contribution in [0.5, 0.6) is 0 Å². The van der Waals surface area contributed by atoms with E-state index in [1.54, 1.807) is 12.0 Å². The van der Waals surface area contributed by atoms with E-state index in [4.69, 9.17) is 18.9 Å². The fourth-order valence-corrected chi connectivity index (χ4v) is 4.80. The SMILES string of the molecule is CCCCOC(=O)N(CCCCC(NC(=O)OCC1c2ccccc2-c2ccccc21)C(=O)O)CCOCCOC. The van der Waals surface area contributed by atoms with E-state index >= 15 is 0 Å². The molecule has 10 nitrogen and oxygen atoms in total. The zero-order chi connectivity index (χ0) is 29.5. The monoisotopic (exact) mass is 570 g/mol. The van der Waals surface area contributed by atoms with Crippen LogP contribution in [0.1, 0.15) is 56.1 Å². The van der Waals surface area contributed by atoms with E-state index in [1.807, 2.05) is 43.3 Å². The van der Waals surface area contributed by atoms with Crippen molar-refractivity contribution in [1.82, 2.24) is 10.2 Å². The van der Waals surface area contributed by atoms with Crippen LogP contribution in [0.3, 0.4) is 0 Å². The molecule has 0 aliphatic heterocycles. The summed E-state index contributed by atoms with van der Waals surface area (Å²) < 4.78 is 21.3. The van der Waals surface area contributed by atoms with Gasteiger partial charge >= 0.3 is 18.2 Å². The Bertz CT molecular complexity index is 1080. The zero-order valence-electron chi connectivity index (χ0n) is 24.0. The summed E-state index contributed by atoms with van der Waals surface area (Å²) in [5.41, 5.74) is 4.40. The van der Waals surface area contributed by atoms with Crippen LogP contribution in [0, 0.1) is 0 Å². The molecule has 0 saturated carbocycles. The van der Waals surface area contributed by atoms with Crippen molar-refractivity contribution in [3.8, 4) is 11.1 Å². The van der Waals surface area contributed by atoms with E-state index in [0.29, 0.717) is 52.4 Å². The summed E-state index contributed by atoms with van der Waals surface area (Å²) in [6.45, 7) is 4.45. The molecular formula is C31H42N2O8. The van der Waals surface area contributed by atoms with E-state index in [2.05, 4.69) is 17.4 Å². The van der Waals surface area contributed by atoms with Crippen LogP contribution in [-0.4, -0.2) is 87.4 Å². The molecule has 0 aromatic heterocycles. The van der Waals surface area contributed by atoms with Gasteiger partial charge in [-0.15, -0.1) is 0 Å². The van der Waals surface area contributed by atoms with Gasteiger partial charge in [0.05, 0.1) is 26.4 Å². The first kappa shape index (κ1) is 31.9. The van der Waals surface area contributed by atoms with E-state index < -0.39 is 24.2 Å². The van der Waals surface area contributed by atoms with Gasteiger partial charge in [0.15, 0.2) is 0 Å². The number of alkyl carbamates (subject to hydrolysis) is 1. The van der Waals surface area contributed by atoms with Crippen LogP contribution >= 0.6 is 0 Å². The summed E-state index contributed by atoms with van der Waals surface area (Å²) in [6, 6.07) is 14.9. The Morgan fingerprint density at radius 1 is 0.878 bits per heavy atom. The smallest absolute Gasteiger partial charge is 0.409 e. The second-order valence-electron chi connectivity index (χ2n) is 9.92. The van der Waals surface area contributed by atoms with Crippen molar-refractivity contribution >= 4 is 18.2 Å². The minimum atomic E-state index is -1.14. The molecule has 1 aliphatic rings. The number of methoxy groups -OCH3 is 1. The highest BCUT2D eigenvalue weighted by molar-refractivity contribution is 5.81. The van der Waals surface area contributed by atoms with Gasteiger partial charge in [-0.25, -0.2) is 14.4 Å². The average Bonchev–Trinajstić information content (AvgIpc) is 3.29. The van der Waals surface area contributed by atoms with Crippen LogP contribution in [0.4, 0.5) is 9.59 Å². The van der Waals surface area contributed by atoms with Crippen molar-refractivity contribution in [2.24, 2.45) is 0 Å². The molecule has 10 heteroatoms. The number of rotatable bonds is 18. The Kier molecular flexibility index (Phi) is 13.4. The lowest BCUT2D eigenvalue weighted by molar-refractivity contribution is -0.139. The maximum absolute atomic E-state index is 12.6. The van der Waals surface area contributed by atoms with Crippen LogP contribution < -0.4 is 5.32 Å². The van der Waals surface area contributed by atoms with Crippen molar-refractivity contribution in [1.29, 1.82) is 0 Å². The highest BCUT2D eigenvalue weighted by Gasteiger charge is 2.29. The third-order valence-electron chi connectivity index (χ3n) is 7.02. The lowest BCUT2D eigenvalue weighted by Crippen LogP contribution is -2.41. The molecule has 3 rings (SSSR count). The molecule has 224 valence electrons. The quantitative estimate of drug-likeness (QED) is 0.239. The predicted octanol–water partition coefficient (Wildman–Crippen LogP) is 5.05. The number of benzene rings is 2. The molecule has 0 spiro atoms. The lowest BCUT2D eigenvalue weighted by atomic mass is 9.98. The Balaban J connectivity index is 1.46. The largest absolute Gasteiger partial charge is 0.480 e. The molecule has 2 N–H and O–H groups in total. The Morgan fingerprint density at radius 2 is 1.56 bits per heavy atom. The lowest BCUT2D eigenvalue weighted by Gasteiger charge is -2.22. The van der Waals surface area contributed by atoms with Crippen molar-refractivity contribution in [3.63, 3.8) is 0 Å². The number of fused-ring (bicyclic) bond motifs is 3. The molecule has 1 aliphatic carbocycles. The minimum absolute atomic E-state index is 0.105. The minimum Gasteiger partial charge on any atom is -0.480 e. The summed E-state index contributed by atoms with van der Waals surface area (Å²) in [5, 5.41) is 12.2. The zero-order valence-corrected chi connectivity index (χ0v) is 24.0. The Hall–Kier alpha value is -3.63. The van der Waals surface area contributed by atoms with Crippen molar-refractivity contribution in [2.75, 3.05) is 53.2 Å². The van der Waals surface area contributed by atoms with Crippen LogP contribution in [0.2, 0.25) is 0 Å². The summed E-state index contributed by atoms with van der Waals surface area (Å²) in [7, 11) is 1.59. The molecule has 0 fully saturated rings. The summed E-state index contributed by atoms with van der Waals surface area (Å²) in [4.78, 5) is 38.5. The van der Waals surface area contributed by atoms with Gasteiger partial charge in [-0.3, -0.25) is 0 Å². The van der Waals surface area contributed by atoms with E-state index in [1.165, 1.54) is 0 Å². The van der Waals surface area contributed by atoms with Gasteiger partial charge in [0.1, 0.15) is 12.6 Å².